The topological polar surface area (TPSA) is 37.4 Å². The van der Waals surface area contributed by atoms with E-state index in [1.807, 2.05) is 0 Å². The summed E-state index contributed by atoms with van der Waals surface area (Å²) in [4.78, 5) is 0. The normalized spacial score (nSPS) is 24.6. The fourth-order valence-corrected chi connectivity index (χ4v) is 3.29. The van der Waals surface area contributed by atoms with Crippen LogP contribution in [0.2, 0.25) is 0 Å². The van der Waals surface area contributed by atoms with Gasteiger partial charge in [-0.25, -0.2) is 12.7 Å². The molecule has 0 unspecified atom stereocenters. The van der Waals surface area contributed by atoms with Gasteiger partial charge in [0, 0.05) is 13.1 Å². The third-order valence-corrected chi connectivity index (χ3v) is 5.28. The van der Waals surface area contributed by atoms with E-state index in [-0.39, 0.29) is 10.1 Å². The Balaban J connectivity index is 2.71. The average Bonchev–Trinajstić information content (AvgIpc) is 2.31. The molecule has 1 heterocycles. The first kappa shape index (κ1) is 10.5. The molecule has 12 heavy (non-hydrogen) atoms. The number of alkyl halides is 1. The summed E-state index contributed by atoms with van der Waals surface area (Å²) in [5.41, 5.74) is 0.148. The van der Waals surface area contributed by atoms with Gasteiger partial charge in [0.15, 0.2) is 0 Å². The van der Waals surface area contributed by atoms with Gasteiger partial charge in [-0.1, -0.05) is 29.8 Å². The zero-order valence-corrected chi connectivity index (χ0v) is 9.78. The summed E-state index contributed by atoms with van der Waals surface area (Å²) in [6.07, 6.45) is 0.958. The van der Waals surface area contributed by atoms with Crippen molar-refractivity contribution in [3.8, 4) is 0 Å². The number of hydrogen-bond donors (Lipinski definition) is 0. The summed E-state index contributed by atoms with van der Waals surface area (Å²) < 4.78 is 24.3. The number of rotatable bonds is 2. The first-order valence-electron chi connectivity index (χ1n) is 3.91. The molecule has 0 aromatic carbocycles. The lowest BCUT2D eigenvalue weighted by Gasteiger charge is -2.18. The highest BCUT2D eigenvalue weighted by atomic mass is 79.9. The van der Waals surface area contributed by atoms with Crippen molar-refractivity contribution >= 4 is 26.0 Å². The van der Waals surface area contributed by atoms with E-state index < -0.39 is 10.0 Å². The molecule has 1 aliphatic rings. The smallest absolute Gasteiger partial charge is 0.211 e. The van der Waals surface area contributed by atoms with Crippen molar-refractivity contribution in [2.45, 2.75) is 20.3 Å². The molecular formula is C7H14BrNO2S. The molecule has 0 atom stereocenters. The van der Waals surface area contributed by atoms with Crippen LogP contribution >= 0.6 is 15.9 Å². The van der Waals surface area contributed by atoms with Crippen LogP contribution in [0.4, 0.5) is 0 Å². The highest BCUT2D eigenvalue weighted by molar-refractivity contribution is 9.10. The Morgan fingerprint density at radius 3 is 2.42 bits per heavy atom. The van der Waals surface area contributed by atoms with Crippen molar-refractivity contribution in [2.24, 2.45) is 5.41 Å². The van der Waals surface area contributed by atoms with Gasteiger partial charge in [0.1, 0.15) is 4.66 Å². The second kappa shape index (κ2) is 3.27. The predicted octanol–water partition coefficient (Wildman–Crippen LogP) is 1.40. The minimum Gasteiger partial charge on any atom is -0.211 e. The Hall–Kier alpha value is 0.390. The van der Waals surface area contributed by atoms with Gasteiger partial charge in [-0.15, -0.1) is 0 Å². The standard InChI is InChI=1S/C7H14BrNO2S/c1-7(2)3-4-9(5-7)12(10,11)6-8/h3-6H2,1-2H3. The Morgan fingerprint density at radius 2 is 2.08 bits per heavy atom. The Bertz CT molecular complexity index is 261. The molecular weight excluding hydrogens is 242 g/mol. The van der Waals surface area contributed by atoms with Crippen LogP contribution in [0.1, 0.15) is 20.3 Å². The second-order valence-electron chi connectivity index (χ2n) is 3.97. The van der Waals surface area contributed by atoms with Gasteiger partial charge in [0.25, 0.3) is 0 Å². The summed E-state index contributed by atoms with van der Waals surface area (Å²) in [7, 11) is -3.02. The molecule has 0 radical (unpaired) electrons. The van der Waals surface area contributed by atoms with Crippen LogP contribution in [0.25, 0.3) is 0 Å². The van der Waals surface area contributed by atoms with Crippen molar-refractivity contribution in [1.82, 2.24) is 4.31 Å². The van der Waals surface area contributed by atoms with Crippen molar-refractivity contribution in [2.75, 3.05) is 17.8 Å². The van der Waals surface area contributed by atoms with Gasteiger partial charge in [-0.05, 0) is 11.8 Å². The van der Waals surface area contributed by atoms with E-state index in [4.69, 9.17) is 0 Å². The maximum Gasteiger partial charge on any atom is 0.224 e. The van der Waals surface area contributed by atoms with Gasteiger partial charge >= 0.3 is 0 Å². The molecule has 0 aliphatic carbocycles. The van der Waals surface area contributed by atoms with Gasteiger partial charge in [-0.2, -0.15) is 0 Å². The molecule has 72 valence electrons. The Morgan fingerprint density at radius 1 is 1.50 bits per heavy atom. The lowest BCUT2D eigenvalue weighted by Crippen LogP contribution is -2.30. The molecule has 0 amide bonds. The fourth-order valence-electron chi connectivity index (χ4n) is 1.37. The molecule has 3 nitrogen and oxygen atoms in total. The molecule has 1 rings (SSSR count). The van der Waals surface area contributed by atoms with Crippen LogP contribution in [-0.2, 0) is 10.0 Å². The minimum absolute atomic E-state index is 0.0378. The van der Waals surface area contributed by atoms with Crippen LogP contribution in [0.15, 0.2) is 0 Å². The van der Waals surface area contributed by atoms with Crippen LogP contribution < -0.4 is 0 Å². The molecule has 0 N–H and O–H groups in total. The van der Waals surface area contributed by atoms with Crippen LogP contribution in [0.3, 0.4) is 0 Å². The summed E-state index contributed by atoms with van der Waals surface area (Å²) in [5, 5.41) is 0. The maximum absolute atomic E-state index is 11.4. The van der Waals surface area contributed by atoms with E-state index in [0.717, 1.165) is 6.42 Å². The summed E-state index contributed by atoms with van der Waals surface area (Å²) in [6, 6.07) is 0. The maximum atomic E-state index is 11.4. The molecule has 0 aromatic rings. The largest absolute Gasteiger partial charge is 0.224 e. The zero-order valence-electron chi connectivity index (χ0n) is 7.38. The lowest BCUT2D eigenvalue weighted by molar-refractivity contribution is 0.376. The van der Waals surface area contributed by atoms with E-state index in [1.165, 1.54) is 0 Å². The van der Waals surface area contributed by atoms with Crippen LogP contribution in [0, 0.1) is 5.41 Å². The molecule has 0 aromatic heterocycles. The van der Waals surface area contributed by atoms with Gasteiger partial charge in [0.05, 0.1) is 0 Å². The number of halogens is 1. The third kappa shape index (κ3) is 2.20. The summed E-state index contributed by atoms with van der Waals surface area (Å²) >= 11 is 2.99. The summed E-state index contributed by atoms with van der Waals surface area (Å²) in [6.45, 7) is 5.51. The number of hydrogen-bond acceptors (Lipinski definition) is 2. The van der Waals surface area contributed by atoms with Gasteiger partial charge < -0.3 is 0 Å². The van der Waals surface area contributed by atoms with Gasteiger partial charge in [-0.3, -0.25) is 0 Å². The van der Waals surface area contributed by atoms with E-state index in [9.17, 15) is 8.42 Å². The monoisotopic (exact) mass is 255 g/mol. The van der Waals surface area contributed by atoms with Gasteiger partial charge in [0.2, 0.25) is 10.0 Å². The van der Waals surface area contributed by atoms with Crippen molar-refractivity contribution < 1.29 is 8.42 Å². The molecule has 0 bridgehead atoms. The average molecular weight is 256 g/mol. The molecule has 1 aliphatic heterocycles. The zero-order chi connectivity index (χ0) is 9.41. The molecule has 1 fully saturated rings. The highest BCUT2D eigenvalue weighted by Gasteiger charge is 2.35. The highest BCUT2D eigenvalue weighted by Crippen LogP contribution is 2.30. The first-order chi connectivity index (χ1) is 5.37. The molecule has 5 heteroatoms. The second-order valence-corrected chi connectivity index (χ2v) is 7.24. The van der Waals surface area contributed by atoms with Crippen molar-refractivity contribution in [1.29, 1.82) is 0 Å². The quantitative estimate of drug-likeness (QED) is 0.700. The third-order valence-electron chi connectivity index (χ3n) is 2.17. The van der Waals surface area contributed by atoms with Crippen LogP contribution in [-0.4, -0.2) is 30.5 Å². The fraction of sp³-hybridized carbons (Fsp3) is 1.00. The Kier molecular flexibility index (Phi) is 2.85. The van der Waals surface area contributed by atoms with E-state index in [0.29, 0.717) is 13.1 Å². The lowest BCUT2D eigenvalue weighted by atomic mass is 9.93. The minimum atomic E-state index is -3.02. The van der Waals surface area contributed by atoms with Crippen molar-refractivity contribution in [3.05, 3.63) is 0 Å². The molecule has 0 spiro atoms. The van der Waals surface area contributed by atoms with Crippen LogP contribution in [0.5, 0.6) is 0 Å². The molecule has 1 saturated heterocycles. The van der Waals surface area contributed by atoms with Crippen molar-refractivity contribution in [3.63, 3.8) is 0 Å². The first-order valence-corrected chi connectivity index (χ1v) is 6.64. The number of nitrogens with zero attached hydrogens (tertiary/aromatic N) is 1. The molecule has 0 saturated carbocycles. The number of sulfonamides is 1. The van der Waals surface area contributed by atoms with E-state index in [2.05, 4.69) is 29.8 Å². The summed E-state index contributed by atoms with van der Waals surface area (Å²) in [5.74, 6) is 0. The Labute approximate surface area is 82.3 Å². The SMILES string of the molecule is CC1(C)CCN(S(=O)(=O)CBr)C1. The van der Waals surface area contributed by atoms with E-state index in [1.54, 1.807) is 4.31 Å². The van der Waals surface area contributed by atoms with E-state index >= 15 is 0 Å². The predicted molar refractivity (Wildman–Crippen MR) is 52.7 cm³/mol.